The molecule has 0 aromatic heterocycles. The van der Waals surface area contributed by atoms with Crippen molar-refractivity contribution in [2.24, 2.45) is 0 Å². The Hall–Kier alpha value is -1.32. The molecule has 0 atom stereocenters. The van der Waals surface area contributed by atoms with Crippen molar-refractivity contribution in [2.75, 3.05) is 18.8 Å². The summed E-state index contributed by atoms with van der Waals surface area (Å²) in [5.41, 5.74) is 5.90. The third kappa shape index (κ3) is 4.32. The molecule has 0 aliphatic rings. The van der Waals surface area contributed by atoms with Crippen molar-refractivity contribution < 1.29 is 8.42 Å². The van der Waals surface area contributed by atoms with E-state index in [0.29, 0.717) is 0 Å². The van der Waals surface area contributed by atoms with Crippen molar-refractivity contribution in [2.45, 2.75) is 17.7 Å². The van der Waals surface area contributed by atoms with E-state index in [1.165, 1.54) is 12.1 Å². The van der Waals surface area contributed by atoms with Crippen LogP contribution in [-0.2, 0) is 10.0 Å². The number of nitrogen functional groups attached to an aromatic ring is 1. The quantitative estimate of drug-likeness (QED) is 0.749. The first-order valence-corrected chi connectivity index (χ1v) is 8.44. The van der Waals surface area contributed by atoms with Crippen molar-refractivity contribution >= 4 is 43.2 Å². The van der Waals surface area contributed by atoms with E-state index in [9.17, 15) is 8.42 Å². The predicted molar refractivity (Wildman–Crippen MR) is 82.8 cm³/mol. The molecule has 0 spiro atoms. The Labute approximate surface area is 136 Å². The first-order valence-electron chi connectivity index (χ1n) is 5.83. The Morgan fingerprint density at radius 2 is 1.76 bits per heavy atom. The zero-order chi connectivity index (χ0) is 16.0. The summed E-state index contributed by atoms with van der Waals surface area (Å²) in [5.74, 6) is 0. The summed E-state index contributed by atoms with van der Waals surface area (Å²) in [6.07, 6.45) is 0.0522. The molecule has 21 heavy (non-hydrogen) atoms. The minimum absolute atomic E-state index is 0.000624. The van der Waals surface area contributed by atoms with Gasteiger partial charge in [0.05, 0.1) is 21.5 Å². The summed E-state index contributed by atoms with van der Waals surface area (Å²) in [6.45, 7) is -0.00125. The van der Waals surface area contributed by atoms with Gasteiger partial charge in [0.1, 0.15) is 0 Å². The molecule has 0 amide bonds. The van der Waals surface area contributed by atoms with Gasteiger partial charge in [0, 0.05) is 36.6 Å². The number of rotatable bonds is 6. The summed E-state index contributed by atoms with van der Waals surface area (Å²) >= 11 is 8.99. The lowest BCUT2D eigenvalue weighted by atomic mass is 10.3. The maximum Gasteiger partial charge on any atom is 0.244 e. The van der Waals surface area contributed by atoms with E-state index in [4.69, 9.17) is 27.9 Å². The summed E-state index contributed by atoms with van der Waals surface area (Å²) in [4.78, 5) is -0.0802. The second-order valence-electron chi connectivity index (χ2n) is 4.03. The van der Waals surface area contributed by atoms with E-state index in [1.54, 1.807) is 0 Å². The van der Waals surface area contributed by atoms with Gasteiger partial charge in [-0.25, -0.2) is 8.42 Å². The Bertz CT molecular complexity index is 691. The van der Waals surface area contributed by atoms with Crippen molar-refractivity contribution in [1.82, 2.24) is 4.31 Å². The topological polar surface area (TPSA) is 111 Å². The van der Waals surface area contributed by atoms with Gasteiger partial charge in [-0.15, -0.1) is 0 Å². The van der Waals surface area contributed by atoms with Gasteiger partial charge in [-0.2, -0.15) is 14.8 Å². The minimum Gasteiger partial charge on any atom is -0.398 e. The van der Waals surface area contributed by atoms with E-state index >= 15 is 0 Å². The molecule has 0 unspecified atom stereocenters. The fraction of sp³-hybridized carbons (Fsp3) is 0.333. The number of hydrogen-bond acceptors (Lipinski definition) is 5. The molecule has 0 fully saturated rings. The van der Waals surface area contributed by atoms with Crippen molar-refractivity contribution in [3.8, 4) is 12.1 Å². The second kappa shape index (κ2) is 7.62. The highest BCUT2D eigenvalue weighted by Gasteiger charge is 2.27. The van der Waals surface area contributed by atoms with Crippen LogP contribution < -0.4 is 5.73 Å². The highest BCUT2D eigenvalue weighted by molar-refractivity contribution is 9.10. The molecule has 0 heterocycles. The predicted octanol–water partition coefficient (Wildman–Crippen LogP) is 2.50. The first-order chi connectivity index (χ1) is 9.84. The van der Waals surface area contributed by atoms with Crippen LogP contribution in [0.4, 0.5) is 5.69 Å². The number of anilines is 1. The molecule has 0 saturated heterocycles. The van der Waals surface area contributed by atoms with Crippen LogP contribution in [0.2, 0.25) is 5.02 Å². The highest BCUT2D eigenvalue weighted by Crippen LogP contribution is 2.33. The fourth-order valence-corrected chi connectivity index (χ4v) is 4.31. The third-order valence-electron chi connectivity index (χ3n) is 2.60. The summed E-state index contributed by atoms with van der Waals surface area (Å²) < 4.78 is 26.6. The number of sulfonamides is 1. The smallest absolute Gasteiger partial charge is 0.244 e. The van der Waals surface area contributed by atoms with Gasteiger partial charge in [-0.1, -0.05) is 11.6 Å². The maximum atomic E-state index is 12.6. The van der Waals surface area contributed by atoms with E-state index in [0.717, 1.165) is 4.31 Å². The molecule has 2 N–H and O–H groups in total. The number of nitriles is 2. The Kier molecular flexibility index (Phi) is 6.43. The molecule has 6 nitrogen and oxygen atoms in total. The van der Waals surface area contributed by atoms with E-state index in [-0.39, 0.29) is 46.0 Å². The van der Waals surface area contributed by atoms with Crippen LogP contribution in [0.25, 0.3) is 0 Å². The van der Waals surface area contributed by atoms with Crippen LogP contribution in [-0.4, -0.2) is 25.8 Å². The van der Waals surface area contributed by atoms with E-state index in [2.05, 4.69) is 15.9 Å². The number of benzene rings is 1. The molecule has 0 radical (unpaired) electrons. The zero-order valence-corrected chi connectivity index (χ0v) is 14.0. The van der Waals surface area contributed by atoms with Gasteiger partial charge >= 0.3 is 0 Å². The van der Waals surface area contributed by atoms with Crippen molar-refractivity contribution in [3.05, 3.63) is 21.6 Å². The summed E-state index contributed by atoms with van der Waals surface area (Å²) in [7, 11) is -3.90. The Morgan fingerprint density at radius 3 is 2.24 bits per heavy atom. The zero-order valence-electron chi connectivity index (χ0n) is 10.9. The van der Waals surface area contributed by atoms with Crippen LogP contribution >= 0.6 is 27.5 Å². The van der Waals surface area contributed by atoms with Gasteiger partial charge in [-0.05, 0) is 28.1 Å². The largest absolute Gasteiger partial charge is 0.398 e. The van der Waals surface area contributed by atoms with E-state index in [1.807, 2.05) is 12.1 Å². The molecule has 1 rings (SSSR count). The molecule has 112 valence electrons. The molecule has 1 aromatic rings. The van der Waals surface area contributed by atoms with Gasteiger partial charge in [0.2, 0.25) is 10.0 Å². The summed E-state index contributed by atoms with van der Waals surface area (Å²) in [6, 6.07) is 6.48. The average molecular weight is 392 g/mol. The SMILES string of the molecule is N#CCCN(CCC#N)S(=O)(=O)c1cc(Cl)cc(N)c1Br. The van der Waals surface area contributed by atoms with Crippen molar-refractivity contribution in [1.29, 1.82) is 10.5 Å². The lowest BCUT2D eigenvalue weighted by Gasteiger charge is -2.21. The standard InChI is InChI=1S/C12H12BrClN4O2S/c13-12-10(17)7-9(14)8-11(12)21(19,20)18(5-1-3-15)6-2-4-16/h7-8H,1-2,5-6,17H2. The maximum absolute atomic E-state index is 12.6. The van der Waals surface area contributed by atoms with Gasteiger partial charge in [0.25, 0.3) is 0 Å². The van der Waals surface area contributed by atoms with Crippen LogP contribution in [0.1, 0.15) is 12.8 Å². The lowest BCUT2D eigenvalue weighted by Crippen LogP contribution is -2.33. The van der Waals surface area contributed by atoms with Gasteiger partial charge < -0.3 is 5.73 Å². The number of hydrogen-bond donors (Lipinski definition) is 1. The summed E-state index contributed by atoms with van der Waals surface area (Å²) in [5, 5.41) is 17.5. The average Bonchev–Trinajstić information content (AvgIpc) is 2.42. The molecule has 0 saturated carbocycles. The number of nitrogens with zero attached hydrogens (tertiary/aromatic N) is 3. The van der Waals surface area contributed by atoms with Crippen molar-refractivity contribution in [3.63, 3.8) is 0 Å². The minimum atomic E-state index is -3.90. The van der Waals surface area contributed by atoms with Crippen LogP contribution in [0.5, 0.6) is 0 Å². The van der Waals surface area contributed by atoms with Crippen LogP contribution in [0.3, 0.4) is 0 Å². The molecule has 0 bridgehead atoms. The van der Waals surface area contributed by atoms with Crippen LogP contribution in [0, 0.1) is 22.7 Å². The molecule has 1 aromatic carbocycles. The fourth-order valence-electron chi connectivity index (χ4n) is 1.61. The van der Waals surface area contributed by atoms with Crippen LogP contribution in [0.15, 0.2) is 21.5 Å². The monoisotopic (exact) mass is 390 g/mol. The normalized spacial score (nSPS) is 11.1. The third-order valence-corrected chi connectivity index (χ3v) is 5.88. The molecule has 9 heteroatoms. The molecule has 0 aliphatic heterocycles. The molecular weight excluding hydrogens is 380 g/mol. The second-order valence-corrected chi connectivity index (χ2v) is 7.16. The van der Waals surface area contributed by atoms with Gasteiger partial charge in [0.15, 0.2) is 0 Å². The lowest BCUT2D eigenvalue weighted by molar-refractivity contribution is 0.424. The molecule has 0 aliphatic carbocycles. The van der Waals surface area contributed by atoms with Gasteiger partial charge in [-0.3, -0.25) is 0 Å². The number of nitrogens with two attached hydrogens (primary N) is 1. The Morgan fingerprint density at radius 1 is 1.24 bits per heavy atom. The first kappa shape index (κ1) is 17.7. The Balaban J connectivity index is 3.29. The molecular formula is C12H12BrClN4O2S. The van der Waals surface area contributed by atoms with E-state index < -0.39 is 10.0 Å². The number of halogens is 2. The highest BCUT2D eigenvalue weighted by atomic mass is 79.9.